The first-order valence-corrected chi connectivity index (χ1v) is 8.29. The minimum Gasteiger partial charge on any atom is -0.497 e. The molecule has 2 rings (SSSR count). The molecular weight excluding hydrogens is 326 g/mol. The van der Waals surface area contributed by atoms with E-state index in [1.807, 2.05) is 49.4 Å². The molecule has 0 saturated carbocycles. The van der Waals surface area contributed by atoms with Gasteiger partial charge < -0.3 is 19.5 Å². The van der Waals surface area contributed by atoms with E-state index in [2.05, 4.69) is 5.32 Å². The molecule has 1 atom stereocenters. The van der Waals surface area contributed by atoms with Crippen molar-refractivity contribution in [3.05, 3.63) is 42.5 Å². The Morgan fingerprint density at radius 1 is 0.958 bits per heavy atom. The molecule has 6 heteroatoms. The standard InChI is InChI=1S/C18H21NO4S/c1-12(18(20)19-13-5-7-14(21-2)8-6-13)24-15-9-10-16(22-3)17(11-15)23-4/h5-12H,1-4H3,(H,19,20). The first kappa shape index (κ1) is 18.0. The quantitative estimate of drug-likeness (QED) is 0.772. The second kappa shape index (κ2) is 8.49. The Labute approximate surface area is 146 Å². The van der Waals surface area contributed by atoms with E-state index in [-0.39, 0.29) is 11.2 Å². The zero-order valence-electron chi connectivity index (χ0n) is 14.2. The van der Waals surface area contributed by atoms with Crippen molar-refractivity contribution in [1.29, 1.82) is 0 Å². The third-order valence-corrected chi connectivity index (χ3v) is 4.49. The summed E-state index contributed by atoms with van der Waals surface area (Å²) in [5.74, 6) is 1.99. The number of ether oxygens (including phenoxy) is 3. The number of rotatable bonds is 7. The molecule has 0 aromatic heterocycles. The van der Waals surface area contributed by atoms with Gasteiger partial charge in [0.05, 0.1) is 26.6 Å². The lowest BCUT2D eigenvalue weighted by Gasteiger charge is -2.14. The van der Waals surface area contributed by atoms with Gasteiger partial charge in [0.2, 0.25) is 5.91 Å². The molecule has 0 saturated heterocycles. The number of benzene rings is 2. The van der Waals surface area contributed by atoms with Gasteiger partial charge in [0.1, 0.15) is 5.75 Å². The average molecular weight is 347 g/mol. The van der Waals surface area contributed by atoms with E-state index in [9.17, 15) is 4.79 Å². The van der Waals surface area contributed by atoms with E-state index in [0.29, 0.717) is 11.5 Å². The summed E-state index contributed by atoms with van der Waals surface area (Å²) in [7, 11) is 4.79. The zero-order chi connectivity index (χ0) is 17.5. The number of carbonyl (C=O) groups excluding carboxylic acids is 1. The third-order valence-electron chi connectivity index (χ3n) is 3.39. The second-order valence-corrected chi connectivity index (χ2v) is 6.41. The van der Waals surface area contributed by atoms with E-state index >= 15 is 0 Å². The number of hydrogen-bond acceptors (Lipinski definition) is 5. The lowest BCUT2D eigenvalue weighted by atomic mass is 10.3. The Balaban J connectivity index is 2.00. The third kappa shape index (κ3) is 4.58. The van der Waals surface area contributed by atoms with Gasteiger partial charge in [-0.25, -0.2) is 0 Å². The summed E-state index contributed by atoms with van der Waals surface area (Å²) in [6.07, 6.45) is 0. The van der Waals surface area contributed by atoms with Crippen LogP contribution in [-0.2, 0) is 4.79 Å². The maximum absolute atomic E-state index is 12.3. The molecule has 0 aliphatic carbocycles. The molecule has 0 radical (unpaired) electrons. The van der Waals surface area contributed by atoms with Crippen molar-refractivity contribution in [2.75, 3.05) is 26.6 Å². The number of methoxy groups -OCH3 is 3. The molecule has 0 aliphatic rings. The van der Waals surface area contributed by atoms with Crippen LogP contribution in [0.25, 0.3) is 0 Å². The minimum absolute atomic E-state index is 0.0695. The van der Waals surface area contributed by atoms with Crippen LogP contribution in [0.3, 0.4) is 0 Å². The molecule has 0 fully saturated rings. The number of carbonyl (C=O) groups is 1. The molecule has 128 valence electrons. The number of thioether (sulfide) groups is 1. The van der Waals surface area contributed by atoms with E-state index in [0.717, 1.165) is 16.3 Å². The maximum Gasteiger partial charge on any atom is 0.237 e. The van der Waals surface area contributed by atoms with Crippen LogP contribution in [-0.4, -0.2) is 32.5 Å². The van der Waals surface area contributed by atoms with Crippen LogP contribution >= 0.6 is 11.8 Å². The van der Waals surface area contributed by atoms with Crippen LogP contribution in [0.4, 0.5) is 5.69 Å². The first-order valence-electron chi connectivity index (χ1n) is 7.41. The highest BCUT2D eigenvalue weighted by molar-refractivity contribution is 8.00. The highest BCUT2D eigenvalue weighted by atomic mass is 32.2. The van der Waals surface area contributed by atoms with Crippen molar-refractivity contribution in [3.63, 3.8) is 0 Å². The topological polar surface area (TPSA) is 56.8 Å². The van der Waals surface area contributed by atoms with Gasteiger partial charge in [-0.3, -0.25) is 4.79 Å². The minimum atomic E-state index is -0.259. The Morgan fingerprint density at radius 3 is 2.21 bits per heavy atom. The molecule has 0 heterocycles. The number of nitrogens with one attached hydrogen (secondary N) is 1. The molecule has 1 unspecified atom stereocenters. The molecule has 1 N–H and O–H groups in total. The van der Waals surface area contributed by atoms with Gasteiger partial charge in [0.25, 0.3) is 0 Å². The van der Waals surface area contributed by atoms with Gasteiger partial charge in [0.15, 0.2) is 11.5 Å². The van der Waals surface area contributed by atoms with Crippen LogP contribution in [0.2, 0.25) is 0 Å². The normalized spacial score (nSPS) is 11.5. The van der Waals surface area contributed by atoms with Crippen LogP contribution in [0.5, 0.6) is 17.2 Å². The Morgan fingerprint density at radius 2 is 1.62 bits per heavy atom. The predicted octanol–water partition coefficient (Wildman–Crippen LogP) is 3.83. The van der Waals surface area contributed by atoms with E-state index in [4.69, 9.17) is 14.2 Å². The SMILES string of the molecule is COc1ccc(NC(=O)C(C)Sc2ccc(OC)c(OC)c2)cc1. The van der Waals surface area contributed by atoms with Crippen LogP contribution in [0.1, 0.15) is 6.92 Å². The first-order chi connectivity index (χ1) is 11.6. The highest BCUT2D eigenvalue weighted by Gasteiger charge is 2.16. The molecule has 2 aromatic carbocycles. The van der Waals surface area contributed by atoms with Crippen molar-refractivity contribution in [1.82, 2.24) is 0 Å². The van der Waals surface area contributed by atoms with Gasteiger partial charge in [-0.15, -0.1) is 11.8 Å². The summed E-state index contributed by atoms with van der Waals surface area (Å²) in [6, 6.07) is 12.8. The highest BCUT2D eigenvalue weighted by Crippen LogP contribution is 2.33. The summed E-state index contributed by atoms with van der Waals surface area (Å²) in [5.41, 5.74) is 0.737. The molecule has 0 bridgehead atoms. The molecule has 0 spiro atoms. The predicted molar refractivity (Wildman–Crippen MR) is 96.5 cm³/mol. The van der Waals surface area contributed by atoms with E-state index < -0.39 is 0 Å². The van der Waals surface area contributed by atoms with Gasteiger partial charge >= 0.3 is 0 Å². The van der Waals surface area contributed by atoms with Gasteiger partial charge in [-0.05, 0) is 49.4 Å². The molecule has 5 nitrogen and oxygen atoms in total. The summed E-state index contributed by atoms with van der Waals surface area (Å²) < 4.78 is 15.6. The Kier molecular flexibility index (Phi) is 6.37. The smallest absolute Gasteiger partial charge is 0.237 e. The van der Waals surface area contributed by atoms with Crippen molar-refractivity contribution in [2.24, 2.45) is 0 Å². The van der Waals surface area contributed by atoms with Crippen molar-refractivity contribution in [2.45, 2.75) is 17.1 Å². The maximum atomic E-state index is 12.3. The van der Waals surface area contributed by atoms with Gasteiger partial charge in [-0.2, -0.15) is 0 Å². The fourth-order valence-electron chi connectivity index (χ4n) is 2.07. The van der Waals surface area contributed by atoms with Gasteiger partial charge in [-0.1, -0.05) is 0 Å². The fraction of sp³-hybridized carbons (Fsp3) is 0.278. The number of amides is 1. The van der Waals surface area contributed by atoms with E-state index in [1.165, 1.54) is 11.8 Å². The zero-order valence-corrected chi connectivity index (χ0v) is 15.0. The van der Waals surface area contributed by atoms with Crippen molar-refractivity contribution < 1.29 is 19.0 Å². The number of anilines is 1. The Hall–Kier alpha value is -2.34. The number of hydrogen-bond donors (Lipinski definition) is 1. The van der Waals surface area contributed by atoms with Gasteiger partial charge in [0, 0.05) is 10.6 Å². The molecule has 24 heavy (non-hydrogen) atoms. The summed E-state index contributed by atoms with van der Waals surface area (Å²) in [6.45, 7) is 1.86. The molecular formula is C18H21NO4S. The van der Waals surface area contributed by atoms with Crippen molar-refractivity contribution >= 4 is 23.4 Å². The second-order valence-electron chi connectivity index (χ2n) is 4.99. The summed E-state index contributed by atoms with van der Waals surface area (Å²) in [4.78, 5) is 13.3. The van der Waals surface area contributed by atoms with Crippen molar-refractivity contribution in [3.8, 4) is 17.2 Å². The summed E-state index contributed by atoms with van der Waals surface area (Å²) in [5, 5.41) is 2.63. The lowest BCUT2D eigenvalue weighted by molar-refractivity contribution is -0.115. The fourth-order valence-corrected chi connectivity index (χ4v) is 2.96. The Bertz CT molecular complexity index is 688. The average Bonchev–Trinajstić information content (AvgIpc) is 2.62. The molecule has 2 aromatic rings. The monoisotopic (exact) mass is 347 g/mol. The van der Waals surface area contributed by atoms with E-state index in [1.54, 1.807) is 21.3 Å². The lowest BCUT2D eigenvalue weighted by Crippen LogP contribution is -2.22. The molecule has 1 amide bonds. The largest absolute Gasteiger partial charge is 0.497 e. The molecule has 0 aliphatic heterocycles. The van der Waals surface area contributed by atoms with Crippen LogP contribution < -0.4 is 19.5 Å². The van der Waals surface area contributed by atoms with Crippen LogP contribution in [0, 0.1) is 0 Å². The summed E-state index contributed by atoms with van der Waals surface area (Å²) >= 11 is 1.46. The van der Waals surface area contributed by atoms with Crippen LogP contribution in [0.15, 0.2) is 47.4 Å².